The summed E-state index contributed by atoms with van der Waals surface area (Å²) in [5, 5.41) is 9.92. The second-order valence-corrected chi connectivity index (χ2v) is 4.42. The molecule has 96 valence electrons. The van der Waals surface area contributed by atoms with Crippen molar-refractivity contribution >= 4 is 29.1 Å². The van der Waals surface area contributed by atoms with E-state index >= 15 is 0 Å². The number of hydrogen-bond donors (Lipinski definition) is 2. The molecule has 1 amide bonds. The Morgan fingerprint density at radius 3 is 2.72 bits per heavy atom. The molecule has 0 spiro atoms. The zero-order chi connectivity index (χ0) is 13.0. The zero-order valence-electron chi connectivity index (χ0n) is 9.63. The molecule has 1 fully saturated rings. The smallest absolute Gasteiger partial charge is 0.249 e. The van der Waals surface area contributed by atoms with Crippen LogP contribution >= 0.6 is 12.2 Å². The molecule has 3 N–H and O–H groups in total. The lowest BCUT2D eigenvalue weighted by Gasteiger charge is -2.34. The van der Waals surface area contributed by atoms with Crippen LogP contribution in [0.15, 0.2) is 12.4 Å². The van der Waals surface area contributed by atoms with Crippen molar-refractivity contribution in [3.63, 3.8) is 0 Å². The van der Waals surface area contributed by atoms with Crippen molar-refractivity contribution in [3.05, 3.63) is 12.4 Å². The van der Waals surface area contributed by atoms with Crippen LogP contribution in [0.3, 0.4) is 0 Å². The van der Waals surface area contributed by atoms with Crippen LogP contribution in [0.5, 0.6) is 0 Å². The van der Waals surface area contributed by atoms with Gasteiger partial charge in [-0.2, -0.15) is 5.10 Å². The molecule has 0 bridgehead atoms. The maximum absolute atomic E-state index is 12.3. The molecule has 0 unspecified atom stereocenters. The molecule has 18 heavy (non-hydrogen) atoms. The molecule has 1 aromatic heterocycles. The van der Waals surface area contributed by atoms with Gasteiger partial charge in [0.2, 0.25) is 11.9 Å². The largest absolute Gasteiger partial charge is 0.392 e. The summed E-state index contributed by atoms with van der Waals surface area (Å²) in [5.41, 5.74) is 4.83. The van der Waals surface area contributed by atoms with Crippen LogP contribution in [-0.4, -0.2) is 39.3 Å². The lowest BCUT2D eigenvalue weighted by molar-refractivity contribution is -0.126. The molecule has 1 saturated heterocycles. The van der Waals surface area contributed by atoms with E-state index in [9.17, 15) is 4.79 Å². The second-order valence-electron chi connectivity index (χ2n) is 3.98. The number of hydrogen-bond acceptors (Lipinski definition) is 6. The Morgan fingerprint density at radius 2 is 2.17 bits per heavy atom. The third-order valence-corrected chi connectivity index (χ3v) is 3.35. The fourth-order valence-corrected chi connectivity index (χ4v) is 2.13. The third-order valence-electron chi connectivity index (χ3n) is 2.96. The summed E-state index contributed by atoms with van der Waals surface area (Å²) >= 11 is 5.03. The molecule has 0 aliphatic carbocycles. The van der Waals surface area contributed by atoms with E-state index in [4.69, 9.17) is 22.7 Å². The summed E-state index contributed by atoms with van der Waals surface area (Å²) < 4.78 is 5.24. The number of aromatic nitrogens is 3. The number of carbonyl (C=O) groups is 1. The van der Waals surface area contributed by atoms with E-state index in [1.165, 1.54) is 12.4 Å². The van der Waals surface area contributed by atoms with Gasteiger partial charge in [0.05, 0.1) is 17.4 Å². The standard InChI is InChI=1S/C10H13N5O2S/c11-7(18)10(1-5-17-6-2-10)8(16)14-9-12-3-4-13-15-9/h3-4H,1-2,5-6H2,(H2,11,18)(H,12,14,15,16). The third kappa shape index (κ3) is 2.44. The highest BCUT2D eigenvalue weighted by atomic mass is 32.1. The molecule has 0 radical (unpaired) electrons. The number of amides is 1. The van der Waals surface area contributed by atoms with E-state index in [0.29, 0.717) is 26.1 Å². The summed E-state index contributed by atoms with van der Waals surface area (Å²) in [7, 11) is 0. The predicted octanol–water partition coefficient (Wildman–Crippen LogP) is -0.107. The minimum absolute atomic E-state index is 0.143. The first kappa shape index (κ1) is 12.8. The van der Waals surface area contributed by atoms with E-state index in [2.05, 4.69) is 20.5 Å². The SMILES string of the molecule is NC(=S)C1(C(=O)Nc2nccnn2)CCOCC1. The molecule has 1 aromatic rings. The highest BCUT2D eigenvalue weighted by molar-refractivity contribution is 7.80. The Labute approximate surface area is 109 Å². The van der Waals surface area contributed by atoms with Gasteiger partial charge in [0.1, 0.15) is 5.41 Å². The Kier molecular flexibility index (Phi) is 3.78. The van der Waals surface area contributed by atoms with Crippen LogP contribution in [0.4, 0.5) is 5.95 Å². The molecular formula is C10H13N5O2S. The van der Waals surface area contributed by atoms with Gasteiger partial charge in [-0.25, -0.2) is 4.98 Å². The number of ether oxygens (including phenoxy) is 1. The van der Waals surface area contributed by atoms with E-state index in [1.54, 1.807) is 0 Å². The first-order valence-electron chi connectivity index (χ1n) is 5.48. The molecule has 2 heterocycles. The first-order valence-corrected chi connectivity index (χ1v) is 5.89. The average Bonchev–Trinajstić information content (AvgIpc) is 2.40. The molecular weight excluding hydrogens is 254 g/mol. The molecule has 2 rings (SSSR count). The van der Waals surface area contributed by atoms with Crippen molar-refractivity contribution in [1.82, 2.24) is 15.2 Å². The number of thiocarbonyl (C=S) groups is 1. The lowest BCUT2D eigenvalue weighted by Crippen LogP contribution is -2.49. The Bertz CT molecular complexity index is 447. The van der Waals surface area contributed by atoms with E-state index in [-0.39, 0.29) is 16.8 Å². The van der Waals surface area contributed by atoms with Gasteiger partial charge in [0.15, 0.2) is 0 Å². The van der Waals surface area contributed by atoms with Crippen LogP contribution < -0.4 is 11.1 Å². The Morgan fingerprint density at radius 1 is 1.44 bits per heavy atom. The first-order chi connectivity index (χ1) is 8.65. The predicted molar refractivity (Wildman–Crippen MR) is 67.7 cm³/mol. The van der Waals surface area contributed by atoms with Crippen molar-refractivity contribution in [3.8, 4) is 0 Å². The number of rotatable bonds is 3. The molecule has 1 aliphatic heterocycles. The highest BCUT2D eigenvalue weighted by Crippen LogP contribution is 2.32. The quantitative estimate of drug-likeness (QED) is 0.737. The number of nitrogens with two attached hydrogens (primary N) is 1. The molecule has 1 aliphatic rings. The van der Waals surface area contributed by atoms with Gasteiger partial charge in [-0.15, -0.1) is 5.10 Å². The van der Waals surface area contributed by atoms with Crippen LogP contribution in [0.2, 0.25) is 0 Å². The maximum Gasteiger partial charge on any atom is 0.249 e. The molecule has 7 nitrogen and oxygen atoms in total. The van der Waals surface area contributed by atoms with E-state index < -0.39 is 5.41 Å². The number of anilines is 1. The van der Waals surface area contributed by atoms with Crippen molar-refractivity contribution < 1.29 is 9.53 Å². The van der Waals surface area contributed by atoms with Gasteiger partial charge in [0, 0.05) is 13.2 Å². The van der Waals surface area contributed by atoms with Gasteiger partial charge in [-0.1, -0.05) is 12.2 Å². The molecule has 0 aromatic carbocycles. The topological polar surface area (TPSA) is 103 Å². The molecule has 0 atom stereocenters. The van der Waals surface area contributed by atoms with Crippen molar-refractivity contribution in [2.75, 3.05) is 18.5 Å². The summed E-state index contributed by atoms with van der Waals surface area (Å²) in [6.45, 7) is 0.914. The maximum atomic E-state index is 12.3. The van der Waals surface area contributed by atoms with Crippen LogP contribution in [0.1, 0.15) is 12.8 Å². The van der Waals surface area contributed by atoms with Crippen molar-refractivity contribution in [2.45, 2.75) is 12.8 Å². The van der Waals surface area contributed by atoms with Gasteiger partial charge >= 0.3 is 0 Å². The van der Waals surface area contributed by atoms with Crippen molar-refractivity contribution in [1.29, 1.82) is 0 Å². The Hall–Kier alpha value is -1.67. The zero-order valence-corrected chi connectivity index (χ0v) is 10.4. The van der Waals surface area contributed by atoms with E-state index in [1.807, 2.05) is 0 Å². The van der Waals surface area contributed by atoms with E-state index in [0.717, 1.165) is 0 Å². The second kappa shape index (κ2) is 5.32. The number of nitrogens with one attached hydrogen (secondary N) is 1. The van der Waals surface area contributed by atoms with Crippen LogP contribution in [-0.2, 0) is 9.53 Å². The minimum atomic E-state index is -0.882. The highest BCUT2D eigenvalue weighted by Gasteiger charge is 2.43. The fourth-order valence-electron chi connectivity index (χ4n) is 1.83. The summed E-state index contributed by atoms with van der Waals surface area (Å²) in [6, 6.07) is 0. The monoisotopic (exact) mass is 267 g/mol. The summed E-state index contributed by atoms with van der Waals surface area (Å²) in [4.78, 5) is 16.3. The fraction of sp³-hybridized carbons (Fsp3) is 0.500. The Balaban J connectivity index is 2.16. The number of nitrogens with zero attached hydrogens (tertiary/aromatic N) is 3. The molecule has 8 heteroatoms. The van der Waals surface area contributed by atoms with Gasteiger partial charge in [-0.3, -0.25) is 10.1 Å². The average molecular weight is 267 g/mol. The van der Waals surface area contributed by atoms with Crippen LogP contribution in [0, 0.1) is 5.41 Å². The normalized spacial score (nSPS) is 18.0. The van der Waals surface area contributed by atoms with Crippen molar-refractivity contribution in [2.24, 2.45) is 11.1 Å². The summed E-state index contributed by atoms with van der Waals surface area (Å²) in [5.74, 6) is -0.157. The van der Waals surface area contributed by atoms with Gasteiger partial charge in [-0.05, 0) is 12.8 Å². The minimum Gasteiger partial charge on any atom is -0.392 e. The lowest BCUT2D eigenvalue weighted by atomic mass is 9.79. The van der Waals surface area contributed by atoms with Gasteiger partial charge < -0.3 is 10.5 Å². The summed E-state index contributed by atoms with van der Waals surface area (Å²) in [6.07, 6.45) is 3.80. The van der Waals surface area contributed by atoms with Crippen LogP contribution in [0.25, 0.3) is 0 Å². The molecule has 0 saturated carbocycles. The van der Waals surface area contributed by atoms with Gasteiger partial charge in [0.25, 0.3) is 0 Å². The number of carbonyl (C=O) groups excluding carboxylic acids is 1.